The highest BCUT2D eigenvalue weighted by Gasteiger charge is 2.23. The Morgan fingerprint density at radius 1 is 1.61 bits per heavy atom. The molecule has 1 saturated heterocycles. The number of aliphatic carboxylic acids is 1. The van der Waals surface area contributed by atoms with E-state index in [1.165, 1.54) is 0 Å². The minimum atomic E-state index is -0.834. The Morgan fingerprint density at radius 3 is 3.17 bits per heavy atom. The smallest absolute Gasteiger partial charge is 0.306 e. The first-order chi connectivity index (χ1) is 8.69. The Bertz CT molecular complexity index is 425. The van der Waals surface area contributed by atoms with Crippen molar-refractivity contribution in [2.75, 3.05) is 24.6 Å². The Labute approximate surface area is 106 Å². The van der Waals surface area contributed by atoms with Crippen molar-refractivity contribution in [1.29, 1.82) is 0 Å². The molecule has 1 aromatic rings. The number of hydrogen-bond acceptors (Lipinski definition) is 5. The maximum Gasteiger partial charge on any atom is 0.306 e. The molecule has 1 fully saturated rings. The molecule has 1 aliphatic heterocycles. The number of morpholine rings is 1. The fraction of sp³-hybridized carbons (Fsp3) is 0.583. The van der Waals surface area contributed by atoms with Crippen molar-refractivity contribution in [2.45, 2.75) is 25.9 Å². The number of aromatic nitrogens is 2. The zero-order valence-electron chi connectivity index (χ0n) is 10.4. The Kier molecular flexibility index (Phi) is 4.09. The number of carbonyl (C=O) groups is 1. The summed E-state index contributed by atoms with van der Waals surface area (Å²) in [6.07, 6.45) is 2.17. The molecule has 1 atom stereocenters. The number of ether oxygens (including phenoxy) is 1. The monoisotopic (exact) mass is 251 g/mol. The molecule has 0 bridgehead atoms. The van der Waals surface area contributed by atoms with Crippen LogP contribution in [0, 0.1) is 0 Å². The molecule has 6 heteroatoms. The Hall–Kier alpha value is -1.69. The zero-order chi connectivity index (χ0) is 13.0. The van der Waals surface area contributed by atoms with E-state index in [0.29, 0.717) is 13.2 Å². The summed E-state index contributed by atoms with van der Waals surface area (Å²) in [5, 5.41) is 8.78. The van der Waals surface area contributed by atoms with Crippen LogP contribution >= 0.6 is 0 Å². The summed E-state index contributed by atoms with van der Waals surface area (Å²) >= 11 is 0. The second-order valence-electron chi connectivity index (χ2n) is 4.26. The van der Waals surface area contributed by atoms with E-state index in [1.54, 1.807) is 6.33 Å². The molecule has 1 N–H and O–H groups in total. The molecular formula is C12H17N3O3. The summed E-state index contributed by atoms with van der Waals surface area (Å²) in [5.74, 6) is 0.0133. The second-order valence-corrected chi connectivity index (χ2v) is 4.26. The van der Waals surface area contributed by atoms with E-state index in [0.717, 1.165) is 24.5 Å². The van der Waals surface area contributed by atoms with Crippen molar-refractivity contribution in [3.63, 3.8) is 0 Å². The Morgan fingerprint density at radius 2 is 2.44 bits per heavy atom. The zero-order valence-corrected chi connectivity index (χ0v) is 10.4. The minimum Gasteiger partial charge on any atom is -0.481 e. The van der Waals surface area contributed by atoms with Crippen molar-refractivity contribution >= 4 is 11.8 Å². The van der Waals surface area contributed by atoms with Gasteiger partial charge in [0.2, 0.25) is 0 Å². The lowest BCUT2D eigenvalue weighted by Crippen LogP contribution is -2.43. The van der Waals surface area contributed by atoms with Crippen LogP contribution < -0.4 is 4.90 Å². The molecule has 2 rings (SSSR count). The first-order valence-corrected chi connectivity index (χ1v) is 6.08. The molecular weight excluding hydrogens is 234 g/mol. The van der Waals surface area contributed by atoms with Gasteiger partial charge in [0.15, 0.2) is 0 Å². The fourth-order valence-corrected chi connectivity index (χ4v) is 2.00. The van der Waals surface area contributed by atoms with E-state index >= 15 is 0 Å². The quantitative estimate of drug-likeness (QED) is 0.849. The third-order valence-electron chi connectivity index (χ3n) is 2.94. The molecule has 2 heterocycles. The summed E-state index contributed by atoms with van der Waals surface area (Å²) in [6.45, 7) is 3.87. The predicted octanol–water partition coefficient (Wildman–Crippen LogP) is 0.719. The van der Waals surface area contributed by atoms with Crippen LogP contribution in [0.15, 0.2) is 12.4 Å². The minimum absolute atomic E-state index is 0.0300. The average molecular weight is 251 g/mol. The van der Waals surface area contributed by atoms with E-state index in [4.69, 9.17) is 9.84 Å². The number of aryl methyl sites for hydroxylation is 1. The van der Waals surface area contributed by atoms with Crippen molar-refractivity contribution in [1.82, 2.24) is 9.97 Å². The molecule has 6 nitrogen and oxygen atoms in total. The summed E-state index contributed by atoms with van der Waals surface area (Å²) in [4.78, 5) is 21.1. The normalized spacial score (nSPS) is 19.8. The van der Waals surface area contributed by atoms with E-state index < -0.39 is 5.97 Å². The molecule has 18 heavy (non-hydrogen) atoms. The van der Waals surface area contributed by atoms with E-state index in [2.05, 4.69) is 14.9 Å². The third kappa shape index (κ3) is 3.16. The van der Waals surface area contributed by atoms with Gasteiger partial charge in [-0.2, -0.15) is 0 Å². The van der Waals surface area contributed by atoms with Gasteiger partial charge in [-0.15, -0.1) is 0 Å². The molecule has 0 saturated carbocycles. The highest BCUT2D eigenvalue weighted by molar-refractivity contribution is 5.67. The molecule has 0 amide bonds. The molecule has 1 aliphatic rings. The van der Waals surface area contributed by atoms with Crippen LogP contribution in [0.4, 0.5) is 5.82 Å². The topological polar surface area (TPSA) is 75.5 Å². The number of hydrogen-bond donors (Lipinski definition) is 1. The van der Waals surface area contributed by atoms with Gasteiger partial charge in [-0.25, -0.2) is 9.97 Å². The van der Waals surface area contributed by atoms with Crippen LogP contribution in [0.3, 0.4) is 0 Å². The molecule has 1 aromatic heterocycles. The largest absolute Gasteiger partial charge is 0.481 e. The van der Waals surface area contributed by atoms with Gasteiger partial charge in [-0.1, -0.05) is 6.92 Å². The number of carboxylic acid groups (broad SMARTS) is 1. The van der Waals surface area contributed by atoms with Crippen LogP contribution in [0.2, 0.25) is 0 Å². The van der Waals surface area contributed by atoms with Crippen molar-refractivity contribution in [3.8, 4) is 0 Å². The van der Waals surface area contributed by atoms with Gasteiger partial charge in [0.05, 0.1) is 19.1 Å². The number of rotatable bonds is 4. The van der Waals surface area contributed by atoms with Gasteiger partial charge < -0.3 is 14.7 Å². The lowest BCUT2D eigenvalue weighted by molar-refractivity contribution is -0.140. The molecule has 0 spiro atoms. The van der Waals surface area contributed by atoms with Gasteiger partial charge in [-0.05, 0) is 6.42 Å². The Balaban J connectivity index is 2.05. The van der Waals surface area contributed by atoms with Crippen LogP contribution in [-0.2, 0) is 16.0 Å². The molecule has 0 aliphatic carbocycles. The van der Waals surface area contributed by atoms with Gasteiger partial charge in [-0.3, -0.25) is 4.79 Å². The van der Waals surface area contributed by atoms with Crippen LogP contribution in [0.25, 0.3) is 0 Å². The summed E-state index contributed by atoms with van der Waals surface area (Å²) < 4.78 is 5.43. The molecule has 0 radical (unpaired) electrons. The van der Waals surface area contributed by atoms with Crippen molar-refractivity contribution in [2.24, 2.45) is 0 Å². The van der Waals surface area contributed by atoms with E-state index in [1.807, 2.05) is 13.0 Å². The van der Waals surface area contributed by atoms with Crippen LogP contribution in [-0.4, -0.2) is 46.8 Å². The van der Waals surface area contributed by atoms with Gasteiger partial charge in [0, 0.05) is 24.8 Å². The van der Waals surface area contributed by atoms with Crippen molar-refractivity contribution < 1.29 is 14.6 Å². The SMILES string of the molecule is CCc1cc(N2CCOC(CC(=O)O)C2)ncn1. The first-order valence-electron chi connectivity index (χ1n) is 6.08. The van der Waals surface area contributed by atoms with E-state index in [9.17, 15) is 4.79 Å². The van der Waals surface area contributed by atoms with Gasteiger partial charge in [0.25, 0.3) is 0 Å². The summed E-state index contributed by atoms with van der Waals surface area (Å²) in [5.41, 5.74) is 0.987. The molecule has 0 aromatic carbocycles. The maximum atomic E-state index is 10.7. The molecule has 1 unspecified atom stereocenters. The van der Waals surface area contributed by atoms with Crippen molar-refractivity contribution in [3.05, 3.63) is 18.1 Å². The lowest BCUT2D eigenvalue weighted by Gasteiger charge is -2.33. The second kappa shape index (κ2) is 5.77. The lowest BCUT2D eigenvalue weighted by atomic mass is 10.2. The van der Waals surface area contributed by atoms with Crippen LogP contribution in [0.1, 0.15) is 19.0 Å². The summed E-state index contributed by atoms with van der Waals surface area (Å²) in [6, 6.07) is 1.95. The third-order valence-corrected chi connectivity index (χ3v) is 2.94. The van der Waals surface area contributed by atoms with Crippen LogP contribution in [0.5, 0.6) is 0 Å². The number of nitrogens with zero attached hydrogens (tertiary/aromatic N) is 3. The van der Waals surface area contributed by atoms with E-state index in [-0.39, 0.29) is 12.5 Å². The summed E-state index contributed by atoms with van der Waals surface area (Å²) in [7, 11) is 0. The first kappa shape index (κ1) is 12.8. The van der Waals surface area contributed by atoms with Gasteiger partial charge in [0.1, 0.15) is 12.1 Å². The van der Waals surface area contributed by atoms with Gasteiger partial charge >= 0.3 is 5.97 Å². The average Bonchev–Trinajstić information content (AvgIpc) is 2.38. The number of carboxylic acids is 1. The molecule has 98 valence electrons. The fourth-order valence-electron chi connectivity index (χ4n) is 2.00. The predicted molar refractivity (Wildman–Crippen MR) is 65.6 cm³/mol. The standard InChI is InChI=1S/C12H17N3O3/c1-2-9-5-11(14-8-13-9)15-3-4-18-10(7-15)6-12(16)17/h5,8,10H,2-4,6-7H2,1H3,(H,16,17). The maximum absolute atomic E-state index is 10.7. The number of anilines is 1. The highest BCUT2D eigenvalue weighted by atomic mass is 16.5. The highest BCUT2D eigenvalue weighted by Crippen LogP contribution is 2.17.